The second kappa shape index (κ2) is 10.7. The van der Waals surface area contributed by atoms with Crippen LogP contribution >= 0.6 is 11.8 Å². The molecule has 1 saturated heterocycles. The standard InChI is InChI=1S/C27H29N3O2S/c1-19-14-20(2)17-30(16-19)27(32)24-7-3-4-8-25(24)29-26(31)22-9-11-23(12-10-22)33-18-21-6-5-13-28-15-21/h3-13,15,19-20H,14,16-18H2,1-2H3,(H,29,31). The summed E-state index contributed by atoms with van der Waals surface area (Å²) in [6.07, 6.45) is 4.76. The molecule has 0 spiro atoms. The molecule has 0 saturated carbocycles. The lowest BCUT2D eigenvalue weighted by Gasteiger charge is -2.35. The molecule has 0 radical (unpaired) electrons. The van der Waals surface area contributed by atoms with Crippen LogP contribution in [-0.4, -0.2) is 34.8 Å². The number of benzene rings is 2. The van der Waals surface area contributed by atoms with Gasteiger partial charge in [-0.15, -0.1) is 11.8 Å². The van der Waals surface area contributed by atoms with Crippen molar-refractivity contribution >= 4 is 29.3 Å². The smallest absolute Gasteiger partial charge is 0.255 e. The first kappa shape index (κ1) is 23.1. The highest BCUT2D eigenvalue weighted by atomic mass is 32.2. The van der Waals surface area contributed by atoms with Gasteiger partial charge < -0.3 is 10.2 Å². The van der Waals surface area contributed by atoms with E-state index in [1.54, 1.807) is 30.1 Å². The van der Waals surface area contributed by atoms with Gasteiger partial charge >= 0.3 is 0 Å². The number of likely N-dealkylation sites (tertiary alicyclic amines) is 1. The molecule has 0 bridgehead atoms. The second-order valence-electron chi connectivity index (χ2n) is 8.83. The zero-order chi connectivity index (χ0) is 23.2. The number of amides is 2. The molecule has 33 heavy (non-hydrogen) atoms. The fourth-order valence-corrected chi connectivity index (χ4v) is 5.16. The lowest BCUT2D eigenvalue weighted by molar-refractivity contribution is 0.0624. The number of carbonyl (C=O) groups is 2. The molecule has 2 heterocycles. The first-order valence-corrected chi connectivity index (χ1v) is 12.3. The largest absolute Gasteiger partial charge is 0.338 e. The minimum absolute atomic E-state index is 0.0218. The van der Waals surface area contributed by atoms with Crippen molar-refractivity contribution in [2.45, 2.75) is 30.9 Å². The van der Waals surface area contributed by atoms with Crippen LogP contribution in [0.2, 0.25) is 0 Å². The average Bonchev–Trinajstić information content (AvgIpc) is 2.83. The molecule has 3 aromatic rings. The first-order chi connectivity index (χ1) is 16.0. The highest BCUT2D eigenvalue weighted by Crippen LogP contribution is 2.26. The number of pyridine rings is 1. The predicted molar refractivity (Wildman–Crippen MR) is 133 cm³/mol. The molecule has 4 rings (SSSR count). The zero-order valence-corrected chi connectivity index (χ0v) is 19.8. The quantitative estimate of drug-likeness (QED) is 0.477. The maximum Gasteiger partial charge on any atom is 0.255 e. The summed E-state index contributed by atoms with van der Waals surface area (Å²) in [4.78, 5) is 33.3. The van der Waals surface area contributed by atoms with E-state index < -0.39 is 0 Å². The van der Waals surface area contributed by atoms with Crippen LogP contribution in [0.15, 0.2) is 78.0 Å². The Morgan fingerprint density at radius 1 is 1.00 bits per heavy atom. The van der Waals surface area contributed by atoms with Gasteiger partial charge in [0.1, 0.15) is 0 Å². The van der Waals surface area contributed by atoms with Crippen molar-refractivity contribution in [1.29, 1.82) is 0 Å². The van der Waals surface area contributed by atoms with Crippen LogP contribution in [-0.2, 0) is 5.75 Å². The summed E-state index contributed by atoms with van der Waals surface area (Å²) < 4.78 is 0. The van der Waals surface area contributed by atoms with Crippen molar-refractivity contribution in [1.82, 2.24) is 9.88 Å². The number of hydrogen-bond donors (Lipinski definition) is 1. The topological polar surface area (TPSA) is 62.3 Å². The first-order valence-electron chi connectivity index (χ1n) is 11.3. The Morgan fingerprint density at radius 3 is 2.42 bits per heavy atom. The number of anilines is 1. The zero-order valence-electron chi connectivity index (χ0n) is 19.0. The third-order valence-corrected chi connectivity index (χ3v) is 6.89. The van der Waals surface area contributed by atoms with E-state index >= 15 is 0 Å². The van der Waals surface area contributed by atoms with E-state index in [0.29, 0.717) is 28.7 Å². The number of nitrogens with zero attached hydrogens (tertiary/aromatic N) is 2. The summed E-state index contributed by atoms with van der Waals surface area (Å²) in [7, 11) is 0. The van der Waals surface area contributed by atoms with Gasteiger partial charge in [-0.2, -0.15) is 0 Å². The Bertz CT molecular complexity index is 1090. The molecule has 1 N–H and O–H groups in total. The normalized spacial score (nSPS) is 18.1. The van der Waals surface area contributed by atoms with Gasteiger partial charge in [-0.3, -0.25) is 14.6 Å². The van der Waals surface area contributed by atoms with Gasteiger partial charge in [0.15, 0.2) is 0 Å². The molecule has 2 unspecified atom stereocenters. The molecule has 2 aromatic carbocycles. The molecule has 1 aromatic heterocycles. The van der Waals surface area contributed by atoms with E-state index in [4.69, 9.17) is 0 Å². The van der Waals surface area contributed by atoms with Crippen LogP contribution < -0.4 is 5.32 Å². The number of thioether (sulfide) groups is 1. The van der Waals surface area contributed by atoms with E-state index in [9.17, 15) is 9.59 Å². The minimum Gasteiger partial charge on any atom is -0.338 e. The number of hydrogen-bond acceptors (Lipinski definition) is 4. The van der Waals surface area contributed by atoms with Gasteiger partial charge in [-0.1, -0.05) is 32.0 Å². The van der Waals surface area contributed by atoms with Crippen molar-refractivity contribution in [2.75, 3.05) is 18.4 Å². The van der Waals surface area contributed by atoms with E-state index in [0.717, 1.165) is 35.7 Å². The lowest BCUT2D eigenvalue weighted by Crippen LogP contribution is -2.42. The van der Waals surface area contributed by atoms with Crippen LogP contribution in [0.4, 0.5) is 5.69 Å². The highest BCUT2D eigenvalue weighted by Gasteiger charge is 2.27. The molecule has 2 amide bonds. The second-order valence-corrected chi connectivity index (χ2v) is 9.88. The van der Waals surface area contributed by atoms with E-state index in [1.807, 2.05) is 59.6 Å². The maximum absolute atomic E-state index is 13.2. The van der Waals surface area contributed by atoms with Crippen LogP contribution in [0.25, 0.3) is 0 Å². The van der Waals surface area contributed by atoms with Crippen molar-refractivity contribution in [3.63, 3.8) is 0 Å². The molecule has 6 heteroatoms. The number of aromatic nitrogens is 1. The molecule has 5 nitrogen and oxygen atoms in total. The van der Waals surface area contributed by atoms with Crippen LogP contribution in [0, 0.1) is 11.8 Å². The third kappa shape index (κ3) is 6.02. The summed E-state index contributed by atoms with van der Waals surface area (Å²) in [5.74, 6) is 1.54. The Hall–Kier alpha value is -3.12. The summed E-state index contributed by atoms with van der Waals surface area (Å²) >= 11 is 1.70. The minimum atomic E-state index is -0.223. The average molecular weight is 460 g/mol. The van der Waals surface area contributed by atoms with Crippen molar-refractivity contribution < 1.29 is 9.59 Å². The fourth-order valence-electron chi connectivity index (χ4n) is 4.32. The molecule has 2 atom stereocenters. The predicted octanol–water partition coefficient (Wildman–Crippen LogP) is 5.74. The summed E-state index contributed by atoms with van der Waals surface area (Å²) in [5, 5.41) is 2.95. The van der Waals surface area contributed by atoms with Crippen molar-refractivity contribution in [3.05, 3.63) is 89.7 Å². The Labute approximate surface area is 199 Å². The van der Waals surface area contributed by atoms with Gasteiger partial charge in [-0.05, 0) is 66.3 Å². The molecule has 1 aliphatic rings. The van der Waals surface area contributed by atoms with Crippen LogP contribution in [0.5, 0.6) is 0 Å². The Kier molecular flexibility index (Phi) is 7.45. The fraction of sp³-hybridized carbons (Fsp3) is 0.296. The van der Waals surface area contributed by atoms with Crippen molar-refractivity contribution in [3.8, 4) is 0 Å². The monoisotopic (exact) mass is 459 g/mol. The van der Waals surface area contributed by atoms with Gasteiger partial charge in [0.25, 0.3) is 11.8 Å². The maximum atomic E-state index is 13.2. The van der Waals surface area contributed by atoms with Gasteiger partial charge in [0, 0.05) is 41.7 Å². The number of para-hydroxylation sites is 1. The third-order valence-electron chi connectivity index (χ3n) is 5.81. The molecular weight excluding hydrogens is 430 g/mol. The highest BCUT2D eigenvalue weighted by molar-refractivity contribution is 7.98. The molecule has 1 fully saturated rings. The van der Waals surface area contributed by atoms with Crippen LogP contribution in [0.3, 0.4) is 0 Å². The SMILES string of the molecule is CC1CC(C)CN(C(=O)c2ccccc2NC(=O)c2ccc(SCc3cccnc3)cc2)C1. The number of piperidine rings is 1. The van der Waals surface area contributed by atoms with Gasteiger partial charge in [-0.25, -0.2) is 0 Å². The van der Waals surface area contributed by atoms with Crippen LogP contribution in [0.1, 0.15) is 46.5 Å². The van der Waals surface area contributed by atoms with E-state index in [-0.39, 0.29) is 11.8 Å². The lowest BCUT2D eigenvalue weighted by atomic mass is 9.91. The van der Waals surface area contributed by atoms with E-state index in [1.165, 1.54) is 0 Å². The molecule has 170 valence electrons. The number of carbonyl (C=O) groups excluding carboxylic acids is 2. The molecular formula is C27H29N3O2S. The number of nitrogens with one attached hydrogen (secondary N) is 1. The molecule has 0 aliphatic carbocycles. The number of rotatable bonds is 6. The molecule has 1 aliphatic heterocycles. The Balaban J connectivity index is 1.42. The summed E-state index contributed by atoms with van der Waals surface area (Å²) in [6.45, 7) is 5.87. The Morgan fingerprint density at radius 2 is 1.73 bits per heavy atom. The van der Waals surface area contributed by atoms with Crippen molar-refractivity contribution in [2.24, 2.45) is 11.8 Å². The van der Waals surface area contributed by atoms with E-state index in [2.05, 4.69) is 24.1 Å². The van der Waals surface area contributed by atoms with Gasteiger partial charge in [0.05, 0.1) is 11.3 Å². The summed E-state index contributed by atoms with van der Waals surface area (Å²) in [6, 6.07) is 18.8. The summed E-state index contributed by atoms with van der Waals surface area (Å²) in [5.41, 5.74) is 2.80. The van der Waals surface area contributed by atoms with Gasteiger partial charge in [0.2, 0.25) is 0 Å².